The quantitative estimate of drug-likeness (QED) is 0.0195. The maximum absolute atomic E-state index is 12.8. The van der Waals surface area contributed by atoms with Crippen molar-refractivity contribution in [2.45, 2.75) is 270 Å². The van der Waals surface area contributed by atoms with E-state index in [0.29, 0.717) is 17.4 Å². The van der Waals surface area contributed by atoms with Gasteiger partial charge < -0.3 is 27.9 Å². The van der Waals surface area contributed by atoms with E-state index in [0.717, 1.165) is 64.2 Å². The molecule has 0 aliphatic rings. The summed E-state index contributed by atoms with van der Waals surface area (Å²) >= 11 is 0. The molecule has 2 unspecified atom stereocenters. The molecule has 0 N–H and O–H groups in total. The molecule has 0 radical (unpaired) electrons. The minimum absolute atomic E-state index is 0.0288. The van der Waals surface area contributed by atoms with Crippen molar-refractivity contribution in [3.05, 3.63) is 48.6 Å². The third-order valence-electron chi connectivity index (χ3n) is 12.6. The summed E-state index contributed by atoms with van der Waals surface area (Å²) in [5, 5.41) is 0. The van der Waals surface area contributed by atoms with Gasteiger partial charge in [0.25, 0.3) is 7.82 Å². The standard InChI is InChI=1S/C59H110NO8P/c1-6-8-10-12-14-16-18-20-22-23-24-25-26-27-28-29-30-31-32-33-34-35-36-37-38-40-42-44-46-48-50-52-59(62)68-57(56-67-69(63,64)66-54-53-60(3,4)5)55-65-58(61)51-49-47-45-43-41-39-21-19-17-15-13-11-9-7-2/h8,10,14,16,20,22,24-25,57H,6-7,9,11-13,15,17-19,21,23,26-56H2,1-5H3/b10-8-,16-14-,22-20-,25-24-. The second-order valence-corrected chi connectivity index (χ2v) is 22.0. The zero-order valence-corrected chi connectivity index (χ0v) is 46.7. The Balaban J connectivity index is 4.04. The number of carbonyl (C=O) groups excluding carboxylic acids is 2. The molecule has 0 aliphatic heterocycles. The third kappa shape index (κ3) is 55.1. The van der Waals surface area contributed by atoms with E-state index in [1.807, 2.05) is 21.1 Å². The van der Waals surface area contributed by atoms with Crippen LogP contribution in [0, 0.1) is 0 Å². The number of likely N-dealkylation sites (N-methyl/N-ethyl adjacent to an activating group) is 1. The van der Waals surface area contributed by atoms with Crippen molar-refractivity contribution in [3.8, 4) is 0 Å². The summed E-state index contributed by atoms with van der Waals surface area (Å²) < 4.78 is 34.1. The largest absolute Gasteiger partial charge is 0.756 e. The van der Waals surface area contributed by atoms with Gasteiger partial charge in [-0.1, -0.05) is 249 Å². The Labute approximate surface area is 426 Å². The lowest BCUT2D eigenvalue weighted by atomic mass is 10.0. The molecule has 0 saturated carbocycles. The lowest BCUT2D eigenvalue weighted by Crippen LogP contribution is -2.37. The fourth-order valence-corrected chi connectivity index (χ4v) is 8.91. The van der Waals surface area contributed by atoms with E-state index in [1.54, 1.807) is 0 Å². The van der Waals surface area contributed by atoms with Crippen molar-refractivity contribution in [1.29, 1.82) is 0 Å². The maximum atomic E-state index is 12.8. The number of rotatable bonds is 53. The number of ether oxygens (including phenoxy) is 2. The van der Waals surface area contributed by atoms with Crippen LogP contribution >= 0.6 is 7.82 Å². The van der Waals surface area contributed by atoms with Crippen molar-refractivity contribution in [3.63, 3.8) is 0 Å². The van der Waals surface area contributed by atoms with Gasteiger partial charge in [0.1, 0.15) is 19.8 Å². The van der Waals surface area contributed by atoms with Crippen molar-refractivity contribution >= 4 is 19.8 Å². The van der Waals surface area contributed by atoms with Crippen LogP contribution in [0.5, 0.6) is 0 Å². The zero-order chi connectivity index (χ0) is 50.6. The van der Waals surface area contributed by atoms with Crippen molar-refractivity contribution in [1.82, 2.24) is 0 Å². The molecule has 0 bridgehead atoms. The first-order valence-corrected chi connectivity index (χ1v) is 30.3. The highest BCUT2D eigenvalue weighted by molar-refractivity contribution is 7.45. The molecular weight excluding hydrogens is 882 g/mol. The summed E-state index contributed by atoms with van der Waals surface area (Å²) in [6.07, 6.45) is 63.1. The fourth-order valence-electron chi connectivity index (χ4n) is 8.18. The highest BCUT2D eigenvalue weighted by Crippen LogP contribution is 2.38. The first-order valence-electron chi connectivity index (χ1n) is 28.8. The van der Waals surface area contributed by atoms with E-state index in [9.17, 15) is 19.0 Å². The Bertz CT molecular complexity index is 1310. The van der Waals surface area contributed by atoms with E-state index in [4.69, 9.17) is 18.5 Å². The lowest BCUT2D eigenvalue weighted by molar-refractivity contribution is -0.870. The van der Waals surface area contributed by atoms with E-state index in [2.05, 4.69) is 62.5 Å². The Kier molecular flexibility index (Phi) is 49.4. The van der Waals surface area contributed by atoms with Crippen LogP contribution in [0.25, 0.3) is 0 Å². The van der Waals surface area contributed by atoms with Gasteiger partial charge in [-0.2, -0.15) is 0 Å². The number of hydrogen-bond donors (Lipinski definition) is 0. The van der Waals surface area contributed by atoms with Gasteiger partial charge in [0.05, 0.1) is 27.7 Å². The first kappa shape index (κ1) is 67.0. The van der Waals surface area contributed by atoms with Gasteiger partial charge >= 0.3 is 11.9 Å². The van der Waals surface area contributed by atoms with Crippen LogP contribution < -0.4 is 4.89 Å². The minimum Gasteiger partial charge on any atom is -0.756 e. The molecule has 0 rings (SSSR count). The number of esters is 2. The molecule has 0 heterocycles. The number of phosphoric acid groups is 1. The van der Waals surface area contributed by atoms with Crippen LogP contribution in [-0.4, -0.2) is 70.0 Å². The van der Waals surface area contributed by atoms with Gasteiger partial charge in [0, 0.05) is 12.8 Å². The van der Waals surface area contributed by atoms with Crippen LogP contribution in [-0.2, 0) is 32.7 Å². The predicted octanol–water partition coefficient (Wildman–Crippen LogP) is 17.1. The number of phosphoric ester groups is 1. The Morgan fingerprint density at radius 1 is 0.464 bits per heavy atom. The summed E-state index contributed by atoms with van der Waals surface area (Å²) in [5.74, 6) is -0.821. The second-order valence-electron chi connectivity index (χ2n) is 20.6. The Hall–Kier alpha value is -2.03. The molecule has 0 aromatic carbocycles. The topological polar surface area (TPSA) is 111 Å². The summed E-state index contributed by atoms with van der Waals surface area (Å²) in [6, 6.07) is 0. The van der Waals surface area contributed by atoms with Crippen LogP contribution in [0.4, 0.5) is 0 Å². The van der Waals surface area contributed by atoms with Crippen molar-refractivity contribution in [2.24, 2.45) is 0 Å². The molecule has 69 heavy (non-hydrogen) atoms. The van der Waals surface area contributed by atoms with Crippen LogP contribution in [0.1, 0.15) is 264 Å². The van der Waals surface area contributed by atoms with Crippen LogP contribution in [0.15, 0.2) is 48.6 Å². The number of unbranched alkanes of at least 4 members (excludes halogenated alkanes) is 31. The molecule has 0 saturated heterocycles. The molecule has 0 amide bonds. The smallest absolute Gasteiger partial charge is 0.306 e. The number of nitrogens with zero attached hydrogens (tertiary/aromatic N) is 1. The van der Waals surface area contributed by atoms with Crippen molar-refractivity contribution < 1.29 is 42.1 Å². The first-order chi connectivity index (χ1) is 33.5. The molecule has 0 aromatic heterocycles. The molecular formula is C59H110NO8P. The molecule has 2 atom stereocenters. The fraction of sp³-hybridized carbons (Fsp3) is 0.831. The summed E-state index contributed by atoms with van der Waals surface area (Å²) in [7, 11) is 1.18. The zero-order valence-electron chi connectivity index (χ0n) is 45.8. The Morgan fingerprint density at radius 3 is 1.23 bits per heavy atom. The summed E-state index contributed by atoms with van der Waals surface area (Å²) in [5.41, 5.74) is 0. The molecule has 0 fully saturated rings. The van der Waals surface area contributed by atoms with Gasteiger partial charge in [-0.15, -0.1) is 0 Å². The number of quaternary nitrogens is 1. The van der Waals surface area contributed by atoms with Gasteiger partial charge in [0.15, 0.2) is 6.10 Å². The molecule has 9 nitrogen and oxygen atoms in total. The highest BCUT2D eigenvalue weighted by atomic mass is 31.2. The molecule has 404 valence electrons. The van der Waals surface area contributed by atoms with E-state index in [-0.39, 0.29) is 32.0 Å². The number of allylic oxidation sites excluding steroid dienone is 8. The minimum atomic E-state index is -4.63. The molecule has 0 aromatic rings. The van der Waals surface area contributed by atoms with Gasteiger partial charge in [-0.05, 0) is 51.4 Å². The SMILES string of the molecule is CC/C=C\C/C=C\C/C=C\C/C=C\CCCCCCCCCCCCCCCCCCCCC(=O)OC(COC(=O)CCCCCCCCCCCCCCCC)COP(=O)([O-])OCC[N+](C)(C)C. The number of carbonyl (C=O) groups is 2. The lowest BCUT2D eigenvalue weighted by Gasteiger charge is -2.28. The van der Waals surface area contributed by atoms with Crippen molar-refractivity contribution in [2.75, 3.05) is 47.5 Å². The van der Waals surface area contributed by atoms with Gasteiger partial charge in [-0.3, -0.25) is 14.2 Å². The monoisotopic (exact) mass is 992 g/mol. The van der Waals surface area contributed by atoms with Crippen LogP contribution in [0.2, 0.25) is 0 Å². The molecule has 0 spiro atoms. The third-order valence-corrected chi connectivity index (χ3v) is 13.6. The second kappa shape index (κ2) is 50.9. The molecule has 10 heteroatoms. The Morgan fingerprint density at radius 2 is 0.826 bits per heavy atom. The van der Waals surface area contributed by atoms with E-state index >= 15 is 0 Å². The highest BCUT2D eigenvalue weighted by Gasteiger charge is 2.22. The average molecular weight is 993 g/mol. The van der Waals surface area contributed by atoms with E-state index in [1.165, 1.54) is 167 Å². The number of hydrogen-bond acceptors (Lipinski definition) is 8. The predicted molar refractivity (Wildman–Crippen MR) is 291 cm³/mol. The normalized spacial score (nSPS) is 13.7. The summed E-state index contributed by atoms with van der Waals surface area (Å²) in [4.78, 5) is 37.8. The maximum Gasteiger partial charge on any atom is 0.306 e. The van der Waals surface area contributed by atoms with Gasteiger partial charge in [-0.25, -0.2) is 0 Å². The van der Waals surface area contributed by atoms with Crippen LogP contribution in [0.3, 0.4) is 0 Å². The summed E-state index contributed by atoms with van der Waals surface area (Å²) in [6.45, 7) is 4.16. The average Bonchev–Trinajstić information content (AvgIpc) is 3.31. The van der Waals surface area contributed by atoms with E-state index < -0.39 is 26.5 Å². The van der Waals surface area contributed by atoms with Gasteiger partial charge in [0.2, 0.25) is 0 Å². The molecule has 0 aliphatic carbocycles.